The minimum absolute atomic E-state index is 0.382. The molecule has 114 valence electrons. The molecule has 0 bridgehead atoms. The van der Waals surface area contributed by atoms with Gasteiger partial charge < -0.3 is 5.32 Å². The Labute approximate surface area is 121 Å². The summed E-state index contributed by atoms with van der Waals surface area (Å²) in [5.74, 6) is -0.388. The molecule has 0 saturated heterocycles. The van der Waals surface area contributed by atoms with E-state index in [0.29, 0.717) is 18.7 Å². The number of rotatable bonds is 7. The average molecular weight is 302 g/mol. The Morgan fingerprint density at radius 1 is 1.30 bits per heavy atom. The van der Waals surface area contributed by atoms with Crippen molar-refractivity contribution in [3.05, 3.63) is 35.6 Å². The Balaban J connectivity index is 2.93. The Bertz CT molecular complexity index is 534. The van der Waals surface area contributed by atoms with Crippen LogP contribution in [0.5, 0.6) is 0 Å². The van der Waals surface area contributed by atoms with Crippen LogP contribution in [-0.4, -0.2) is 38.1 Å². The van der Waals surface area contributed by atoms with Crippen LogP contribution in [0.2, 0.25) is 0 Å². The molecular weight excluding hydrogens is 279 g/mol. The molecule has 0 heterocycles. The van der Waals surface area contributed by atoms with Crippen LogP contribution in [0.25, 0.3) is 0 Å². The first-order valence-corrected chi connectivity index (χ1v) is 8.24. The molecule has 0 spiro atoms. The van der Waals surface area contributed by atoms with Crippen molar-refractivity contribution in [2.24, 2.45) is 0 Å². The highest BCUT2D eigenvalue weighted by atomic mass is 32.2. The lowest BCUT2D eigenvalue weighted by Gasteiger charge is -2.28. The molecule has 0 aliphatic rings. The highest BCUT2D eigenvalue weighted by Gasteiger charge is 2.30. The van der Waals surface area contributed by atoms with Crippen molar-refractivity contribution in [2.75, 3.05) is 20.1 Å². The van der Waals surface area contributed by atoms with Crippen LogP contribution in [0, 0.1) is 5.82 Å². The zero-order valence-corrected chi connectivity index (χ0v) is 13.2. The summed E-state index contributed by atoms with van der Waals surface area (Å²) < 4.78 is 39.9. The van der Waals surface area contributed by atoms with Crippen molar-refractivity contribution in [1.82, 2.24) is 9.62 Å². The summed E-state index contributed by atoms with van der Waals surface area (Å²) in [5, 5.41) is 2.47. The van der Waals surface area contributed by atoms with Gasteiger partial charge in [-0.2, -0.15) is 4.31 Å². The molecule has 4 nitrogen and oxygen atoms in total. The van der Waals surface area contributed by atoms with Gasteiger partial charge in [-0.15, -0.1) is 0 Å². The number of sulfonamides is 1. The zero-order valence-electron chi connectivity index (χ0n) is 12.4. The lowest BCUT2D eigenvalue weighted by atomic mass is 10.1. The van der Waals surface area contributed by atoms with Crippen LogP contribution in [-0.2, 0) is 10.0 Å². The largest absolute Gasteiger partial charge is 0.316 e. The lowest BCUT2D eigenvalue weighted by Crippen LogP contribution is -2.41. The molecule has 0 aliphatic heterocycles. The molecule has 20 heavy (non-hydrogen) atoms. The van der Waals surface area contributed by atoms with Crippen LogP contribution in [0.1, 0.15) is 32.4 Å². The predicted molar refractivity (Wildman–Crippen MR) is 79.5 cm³/mol. The first-order chi connectivity index (χ1) is 9.32. The molecule has 1 aromatic rings. The third-order valence-corrected chi connectivity index (χ3v) is 5.80. The maximum absolute atomic E-state index is 13.8. The molecule has 0 aliphatic carbocycles. The average Bonchev–Trinajstić information content (AvgIpc) is 2.43. The standard InChI is InChI=1S/C14H23FN2O2S/c1-5-16-10-11(2)20(18,19)17(4)12(3)13-8-6-7-9-14(13)15/h6-9,11-12,16H,5,10H2,1-4H3. The molecule has 6 heteroatoms. The predicted octanol–water partition coefficient (Wildman–Crippen LogP) is 2.15. The highest BCUT2D eigenvalue weighted by molar-refractivity contribution is 7.89. The maximum Gasteiger partial charge on any atom is 0.218 e. The van der Waals surface area contributed by atoms with E-state index in [9.17, 15) is 12.8 Å². The molecule has 1 aromatic carbocycles. The van der Waals surface area contributed by atoms with Gasteiger partial charge in [0, 0.05) is 25.2 Å². The lowest BCUT2D eigenvalue weighted by molar-refractivity contribution is 0.381. The number of benzene rings is 1. The second-order valence-electron chi connectivity index (χ2n) is 4.88. The quantitative estimate of drug-likeness (QED) is 0.839. The number of nitrogens with one attached hydrogen (secondary N) is 1. The van der Waals surface area contributed by atoms with Crippen molar-refractivity contribution < 1.29 is 12.8 Å². The van der Waals surface area contributed by atoms with Crippen LogP contribution < -0.4 is 5.32 Å². The van der Waals surface area contributed by atoms with Crippen molar-refractivity contribution in [1.29, 1.82) is 0 Å². The normalized spacial score (nSPS) is 15.3. The number of nitrogens with zero attached hydrogens (tertiary/aromatic N) is 1. The molecule has 0 fully saturated rings. The molecule has 0 aromatic heterocycles. The van der Waals surface area contributed by atoms with Gasteiger partial charge >= 0.3 is 0 Å². The van der Waals surface area contributed by atoms with Gasteiger partial charge in [0.25, 0.3) is 0 Å². The van der Waals surface area contributed by atoms with Crippen LogP contribution >= 0.6 is 0 Å². The molecule has 1 rings (SSSR count). The summed E-state index contributed by atoms with van der Waals surface area (Å²) in [6.45, 7) is 6.36. The molecule has 1 N–H and O–H groups in total. The first kappa shape index (κ1) is 17.1. The van der Waals surface area contributed by atoms with Gasteiger partial charge in [0.2, 0.25) is 10.0 Å². The Morgan fingerprint density at radius 2 is 1.90 bits per heavy atom. The number of hydrogen-bond acceptors (Lipinski definition) is 3. The summed E-state index contributed by atoms with van der Waals surface area (Å²) in [6, 6.07) is 5.71. The summed E-state index contributed by atoms with van der Waals surface area (Å²) in [4.78, 5) is 0. The summed E-state index contributed by atoms with van der Waals surface area (Å²) in [7, 11) is -1.98. The summed E-state index contributed by atoms with van der Waals surface area (Å²) in [6.07, 6.45) is 0. The van der Waals surface area contributed by atoms with Crippen molar-refractivity contribution in [3.63, 3.8) is 0 Å². The van der Waals surface area contributed by atoms with E-state index in [1.54, 1.807) is 32.0 Å². The molecule has 2 atom stereocenters. The van der Waals surface area contributed by atoms with E-state index < -0.39 is 21.3 Å². The molecular formula is C14H23FN2O2S. The van der Waals surface area contributed by atoms with Crippen molar-refractivity contribution >= 4 is 10.0 Å². The van der Waals surface area contributed by atoms with Crippen molar-refractivity contribution in [3.8, 4) is 0 Å². The Hall–Kier alpha value is -0.980. The van der Waals surface area contributed by atoms with Gasteiger partial charge in [-0.1, -0.05) is 25.1 Å². The van der Waals surface area contributed by atoms with E-state index in [4.69, 9.17) is 0 Å². The molecule has 0 saturated carbocycles. The van der Waals surface area contributed by atoms with E-state index in [1.807, 2.05) is 6.92 Å². The number of halogens is 1. The minimum atomic E-state index is -3.47. The van der Waals surface area contributed by atoms with E-state index in [-0.39, 0.29) is 5.82 Å². The van der Waals surface area contributed by atoms with Crippen molar-refractivity contribution in [2.45, 2.75) is 32.1 Å². The highest BCUT2D eigenvalue weighted by Crippen LogP contribution is 2.25. The van der Waals surface area contributed by atoms with Crippen LogP contribution in [0.4, 0.5) is 4.39 Å². The van der Waals surface area contributed by atoms with E-state index in [2.05, 4.69) is 5.32 Å². The fourth-order valence-corrected chi connectivity index (χ4v) is 3.42. The fraction of sp³-hybridized carbons (Fsp3) is 0.571. The second kappa shape index (κ2) is 7.15. The summed E-state index contributed by atoms with van der Waals surface area (Å²) in [5.41, 5.74) is 0.384. The Kier molecular flexibility index (Phi) is 6.10. The monoisotopic (exact) mass is 302 g/mol. The minimum Gasteiger partial charge on any atom is -0.316 e. The topological polar surface area (TPSA) is 49.4 Å². The first-order valence-electron chi connectivity index (χ1n) is 6.74. The van der Waals surface area contributed by atoms with Crippen LogP contribution in [0.3, 0.4) is 0 Å². The van der Waals surface area contributed by atoms with Gasteiger partial charge in [0.05, 0.1) is 5.25 Å². The van der Waals surface area contributed by atoms with E-state index >= 15 is 0 Å². The van der Waals surface area contributed by atoms with E-state index in [1.165, 1.54) is 17.4 Å². The van der Waals surface area contributed by atoms with Crippen LogP contribution in [0.15, 0.2) is 24.3 Å². The van der Waals surface area contributed by atoms with Gasteiger partial charge in [0.1, 0.15) is 5.82 Å². The maximum atomic E-state index is 13.8. The fourth-order valence-electron chi connectivity index (χ4n) is 1.97. The molecule has 2 unspecified atom stereocenters. The van der Waals surface area contributed by atoms with Gasteiger partial charge in [-0.3, -0.25) is 0 Å². The summed E-state index contributed by atoms with van der Waals surface area (Å²) >= 11 is 0. The third kappa shape index (κ3) is 3.77. The third-order valence-electron chi connectivity index (χ3n) is 3.49. The number of hydrogen-bond donors (Lipinski definition) is 1. The second-order valence-corrected chi connectivity index (χ2v) is 7.29. The van der Waals surface area contributed by atoms with Gasteiger partial charge in [-0.25, -0.2) is 12.8 Å². The molecule has 0 radical (unpaired) electrons. The van der Waals surface area contributed by atoms with E-state index in [0.717, 1.165) is 0 Å². The Morgan fingerprint density at radius 3 is 2.45 bits per heavy atom. The molecule has 0 amide bonds. The van der Waals surface area contributed by atoms with Gasteiger partial charge in [-0.05, 0) is 26.5 Å². The smallest absolute Gasteiger partial charge is 0.218 e. The zero-order chi connectivity index (χ0) is 15.3. The van der Waals surface area contributed by atoms with Gasteiger partial charge in [0.15, 0.2) is 0 Å². The SMILES string of the molecule is CCNCC(C)S(=O)(=O)N(C)C(C)c1ccccc1F.